The molecule has 4 aromatic carbocycles. The maximum Gasteiger partial charge on any atom is 0.0701 e. The van der Waals surface area contributed by atoms with Crippen LogP contribution in [0.25, 0.3) is 0 Å². The molecule has 0 heterocycles. The van der Waals surface area contributed by atoms with Crippen LogP contribution in [0.4, 0.5) is 0 Å². The van der Waals surface area contributed by atoms with Crippen LogP contribution in [0.1, 0.15) is 22.3 Å². The summed E-state index contributed by atoms with van der Waals surface area (Å²) in [7, 11) is -0.130. The van der Waals surface area contributed by atoms with E-state index in [1.54, 1.807) is 0 Å². The van der Waals surface area contributed by atoms with E-state index < -0.39 is 0 Å². The summed E-state index contributed by atoms with van der Waals surface area (Å²) < 4.78 is 17.8. The van der Waals surface area contributed by atoms with Crippen molar-refractivity contribution in [3.05, 3.63) is 144 Å². The lowest BCUT2D eigenvalue weighted by atomic mass is 10.2. The van der Waals surface area contributed by atoms with Crippen LogP contribution in [0, 0.1) is 0 Å². The predicted octanol–water partition coefficient (Wildman–Crippen LogP) is 8.97. The molecule has 45 heavy (non-hydrogen) atoms. The highest BCUT2D eigenvalue weighted by Crippen LogP contribution is 2.37. The average Bonchev–Trinajstić information content (AvgIpc) is 3.10. The molecule has 0 saturated carbocycles. The third kappa shape index (κ3) is 16.1. The van der Waals surface area contributed by atoms with Gasteiger partial charge in [-0.15, -0.1) is 15.8 Å². The molecule has 4 rings (SSSR count). The third-order valence-electron chi connectivity index (χ3n) is 8.09. The SMILES string of the molecule is c1ccc(CCP(CCOCCOCCOCCP(CCc2ccccc2)CCc2ccccc2)CCc2ccccc2)cc1. The van der Waals surface area contributed by atoms with Crippen LogP contribution in [0.3, 0.4) is 0 Å². The summed E-state index contributed by atoms with van der Waals surface area (Å²) in [6.07, 6.45) is 12.0. The first-order valence-electron chi connectivity index (χ1n) is 16.7. The average molecular weight is 643 g/mol. The van der Waals surface area contributed by atoms with Crippen LogP contribution in [-0.4, -0.2) is 76.6 Å². The molecule has 4 aromatic rings. The maximum atomic E-state index is 6.01. The molecule has 3 nitrogen and oxygen atoms in total. The van der Waals surface area contributed by atoms with E-state index in [-0.39, 0.29) is 15.8 Å². The smallest absolute Gasteiger partial charge is 0.0701 e. The zero-order chi connectivity index (χ0) is 31.0. The fourth-order valence-electron chi connectivity index (χ4n) is 5.33. The first-order valence-corrected chi connectivity index (χ1v) is 20.5. The second-order valence-electron chi connectivity index (χ2n) is 11.5. The van der Waals surface area contributed by atoms with Crippen LogP contribution in [-0.2, 0) is 39.9 Å². The Morgan fingerprint density at radius 3 is 0.800 bits per heavy atom. The number of rotatable bonds is 24. The van der Waals surface area contributed by atoms with Gasteiger partial charge in [0, 0.05) is 0 Å². The predicted molar refractivity (Wildman–Crippen MR) is 196 cm³/mol. The summed E-state index contributed by atoms with van der Waals surface area (Å²) >= 11 is 0. The number of hydrogen-bond donors (Lipinski definition) is 0. The minimum absolute atomic E-state index is 0.0650. The van der Waals surface area contributed by atoms with Crippen LogP contribution >= 0.6 is 15.8 Å². The first kappa shape index (κ1) is 35.5. The molecule has 0 aromatic heterocycles. The van der Waals surface area contributed by atoms with Crippen molar-refractivity contribution in [1.82, 2.24) is 0 Å². The van der Waals surface area contributed by atoms with Gasteiger partial charge >= 0.3 is 0 Å². The van der Waals surface area contributed by atoms with E-state index in [4.69, 9.17) is 14.2 Å². The molecular formula is C40H52O3P2. The van der Waals surface area contributed by atoms with Gasteiger partial charge in [0.05, 0.1) is 39.6 Å². The minimum Gasteiger partial charge on any atom is -0.379 e. The molecule has 5 heteroatoms. The van der Waals surface area contributed by atoms with Gasteiger partial charge < -0.3 is 14.2 Å². The van der Waals surface area contributed by atoms with Gasteiger partial charge in [-0.3, -0.25) is 0 Å². The van der Waals surface area contributed by atoms with Gasteiger partial charge in [-0.2, -0.15) is 0 Å². The molecule has 0 saturated heterocycles. The lowest BCUT2D eigenvalue weighted by Gasteiger charge is -2.18. The monoisotopic (exact) mass is 642 g/mol. The molecule has 0 aliphatic rings. The highest BCUT2D eigenvalue weighted by molar-refractivity contribution is 7.57. The van der Waals surface area contributed by atoms with Crippen LogP contribution in [0.15, 0.2) is 121 Å². The Labute approximate surface area is 275 Å². The molecule has 240 valence electrons. The zero-order valence-corrected chi connectivity index (χ0v) is 28.8. The van der Waals surface area contributed by atoms with Crippen LogP contribution in [0.2, 0.25) is 0 Å². The maximum absolute atomic E-state index is 6.01. The van der Waals surface area contributed by atoms with E-state index in [0.717, 1.165) is 51.2 Å². The summed E-state index contributed by atoms with van der Waals surface area (Å²) in [5, 5.41) is 0. The fraction of sp³-hybridized carbons (Fsp3) is 0.400. The minimum atomic E-state index is -0.0650. The summed E-state index contributed by atoms with van der Waals surface area (Å²) in [4.78, 5) is 0. The fourth-order valence-corrected chi connectivity index (χ4v) is 9.74. The second kappa shape index (κ2) is 23.0. The van der Waals surface area contributed by atoms with E-state index in [1.165, 1.54) is 46.9 Å². The van der Waals surface area contributed by atoms with Gasteiger partial charge in [0.1, 0.15) is 0 Å². The molecule has 0 spiro atoms. The third-order valence-corrected chi connectivity index (χ3v) is 13.1. The van der Waals surface area contributed by atoms with Crippen molar-refractivity contribution in [3.63, 3.8) is 0 Å². The summed E-state index contributed by atoms with van der Waals surface area (Å²) in [6, 6.07) is 43.6. The van der Waals surface area contributed by atoms with Gasteiger partial charge in [-0.25, -0.2) is 0 Å². The molecule has 0 unspecified atom stereocenters. The van der Waals surface area contributed by atoms with E-state index in [2.05, 4.69) is 121 Å². The van der Waals surface area contributed by atoms with E-state index >= 15 is 0 Å². The van der Waals surface area contributed by atoms with Crippen molar-refractivity contribution in [2.45, 2.75) is 25.7 Å². The second-order valence-corrected chi connectivity index (χ2v) is 16.8. The van der Waals surface area contributed by atoms with E-state index in [0.29, 0.717) is 26.4 Å². The Morgan fingerprint density at radius 1 is 0.289 bits per heavy atom. The molecular weight excluding hydrogens is 590 g/mol. The van der Waals surface area contributed by atoms with Gasteiger partial charge in [-0.1, -0.05) is 121 Å². The van der Waals surface area contributed by atoms with Crippen molar-refractivity contribution in [3.8, 4) is 0 Å². The van der Waals surface area contributed by atoms with Gasteiger partial charge in [-0.05, 0) is 84.9 Å². The van der Waals surface area contributed by atoms with Crippen LogP contribution in [0.5, 0.6) is 0 Å². The van der Waals surface area contributed by atoms with Crippen molar-refractivity contribution < 1.29 is 14.2 Å². The van der Waals surface area contributed by atoms with Gasteiger partial charge in [0.2, 0.25) is 0 Å². The highest BCUT2D eigenvalue weighted by Gasteiger charge is 2.11. The molecule has 0 bridgehead atoms. The summed E-state index contributed by atoms with van der Waals surface area (Å²) in [5.41, 5.74) is 5.77. The van der Waals surface area contributed by atoms with Gasteiger partial charge in [0.25, 0.3) is 0 Å². The Bertz CT molecular complexity index is 1060. The molecule has 0 aliphatic heterocycles. The standard InChI is InChI=1S/C40H52O3P2/c1-5-13-37(14-6-1)21-31-44(32-22-38-15-7-2-8-16-38)35-29-42-27-25-41-26-28-43-30-36-45(33-23-39-17-9-3-10-18-39)34-24-40-19-11-4-12-20-40/h1-20H,21-36H2. The van der Waals surface area contributed by atoms with Crippen molar-refractivity contribution in [2.75, 3.05) is 76.6 Å². The topological polar surface area (TPSA) is 27.7 Å². The lowest BCUT2D eigenvalue weighted by molar-refractivity contribution is 0.0203. The zero-order valence-electron chi connectivity index (χ0n) is 27.0. The van der Waals surface area contributed by atoms with Crippen LogP contribution < -0.4 is 0 Å². The largest absolute Gasteiger partial charge is 0.379 e. The molecule has 0 amide bonds. The lowest BCUT2D eigenvalue weighted by Crippen LogP contribution is -2.13. The Kier molecular flexibility index (Phi) is 18.1. The van der Waals surface area contributed by atoms with Crippen molar-refractivity contribution in [2.24, 2.45) is 0 Å². The highest BCUT2D eigenvalue weighted by atomic mass is 31.1. The number of benzene rings is 4. The summed E-state index contributed by atoms with van der Waals surface area (Å²) in [6.45, 7) is 4.23. The number of hydrogen-bond acceptors (Lipinski definition) is 3. The molecule has 0 fully saturated rings. The first-order chi connectivity index (χ1) is 22.3. The van der Waals surface area contributed by atoms with Crippen molar-refractivity contribution >= 4 is 15.8 Å². The molecule has 0 atom stereocenters. The normalized spacial score (nSPS) is 11.4. The summed E-state index contributed by atoms with van der Waals surface area (Å²) in [5.74, 6) is 0. The Morgan fingerprint density at radius 2 is 0.533 bits per heavy atom. The van der Waals surface area contributed by atoms with Gasteiger partial charge in [0.15, 0.2) is 0 Å². The Balaban J connectivity index is 1.05. The van der Waals surface area contributed by atoms with Crippen molar-refractivity contribution in [1.29, 1.82) is 0 Å². The Hall–Kier alpha value is -2.38. The molecule has 0 radical (unpaired) electrons. The number of aryl methyl sites for hydroxylation is 4. The quantitative estimate of drug-likeness (QED) is 0.0564. The van der Waals surface area contributed by atoms with E-state index in [9.17, 15) is 0 Å². The number of ether oxygens (including phenoxy) is 3. The molecule has 0 aliphatic carbocycles. The molecule has 0 N–H and O–H groups in total. The van der Waals surface area contributed by atoms with E-state index in [1.807, 2.05) is 0 Å².